The van der Waals surface area contributed by atoms with Crippen molar-refractivity contribution in [3.63, 3.8) is 0 Å². The zero-order valence-corrected chi connectivity index (χ0v) is 10.9. The third kappa shape index (κ3) is 4.13. The lowest BCUT2D eigenvalue weighted by atomic mass is 10.3. The van der Waals surface area contributed by atoms with Gasteiger partial charge in [0.2, 0.25) is 5.88 Å². The average Bonchev–Trinajstić information content (AvgIpc) is 2.44. The largest absolute Gasteiger partial charge is 0.438 e. The van der Waals surface area contributed by atoms with Gasteiger partial charge in [-0.15, -0.1) is 5.10 Å². The highest BCUT2D eigenvalue weighted by Crippen LogP contribution is 2.18. The maximum absolute atomic E-state index is 12.6. The summed E-state index contributed by atoms with van der Waals surface area (Å²) in [5.41, 5.74) is 0.909. The molecule has 0 saturated carbocycles. The Bertz CT molecular complexity index is 454. The molecule has 0 aliphatic carbocycles. The number of nitrogens with zero attached hydrogens (tertiary/aromatic N) is 2. The summed E-state index contributed by atoms with van der Waals surface area (Å²) in [5, 5.41) is 7.86. The minimum atomic E-state index is -0.292. The fraction of sp³-hybridized carbons (Fsp3) is 0.286. The summed E-state index contributed by atoms with van der Waals surface area (Å²) in [6, 6.07) is 9.36. The molecule has 0 fully saturated rings. The van der Waals surface area contributed by atoms with Crippen molar-refractivity contribution in [1.82, 2.24) is 10.2 Å². The fourth-order valence-electron chi connectivity index (χ4n) is 1.21. The van der Waals surface area contributed by atoms with Crippen molar-refractivity contribution in [1.29, 1.82) is 0 Å². The number of hydrogen-bond acceptors (Lipinski definition) is 3. The third-order valence-corrected chi connectivity index (χ3v) is 2.09. The molecule has 0 amide bonds. The van der Waals surface area contributed by atoms with Crippen LogP contribution in [0.1, 0.15) is 26.5 Å². The van der Waals surface area contributed by atoms with Crippen LogP contribution < -0.4 is 4.74 Å². The van der Waals surface area contributed by atoms with E-state index in [0.29, 0.717) is 11.6 Å². The number of rotatable bonds is 3. The van der Waals surface area contributed by atoms with Gasteiger partial charge in [0, 0.05) is 6.07 Å². The van der Waals surface area contributed by atoms with E-state index in [1.807, 2.05) is 26.8 Å². The van der Waals surface area contributed by atoms with E-state index in [1.54, 1.807) is 18.2 Å². The zero-order chi connectivity index (χ0) is 13.4. The first-order chi connectivity index (χ1) is 8.78. The van der Waals surface area contributed by atoms with E-state index >= 15 is 0 Å². The minimum absolute atomic E-state index is 0.292. The molecule has 96 valence electrons. The lowest BCUT2D eigenvalue weighted by Gasteiger charge is -2.03. The van der Waals surface area contributed by atoms with E-state index in [1.165, 1.54) is 12.1 Å². The first kappa shape index (κ1) is 14.1. The Kier molecular flexibility index (Phi) is 5.77. The topological polar surface area (TPSA) is 35.0 Å². The molecule has 2 rings (SSSR count). The molecule has 0 spiro atoms. The summed E-state index contributed by atoms with van der Waals surface area (Å²) in [5.74, 6) is 0.656. The maximum atomic E-state index is 12.6. The zero-order valence-electron chi connectivity index (χ0n) is 10.9. The smallest absolute Gasteiger partial charge is 0.238 e. The second kappa shape index (κ2) is 7.37. The predicted molar refractivity (Wildman–Crippen MR) is 69.2 cm³/mol. The molecule has 0 atom stereocenters. The van der Waals surface area contributed by atoms with Crippen LogP contribution in [-0.4, -0.2) is 10.2 Å². The van der Waals surface area contributed by atoms with Crippen molar-refractivity contribution in [3.8, 4) is 11.6 Å². The monoisotopic (exact) mass is 248 g/mol. The molecule has 0 aliphatic rings. The second-order valence-electron chi connectivity index (χ2n) is 3.27. The Balaban J connectivity index is 0.000000771. The van der Waals surface area contributed by atoms with Gasteiger partial charge in [-0.05, 0) is 36.8 Å². The molecule has 3 nitrogen and oxygen atoms in total. The first-order valence-electron chi connectivity index (χ1n) is 6.04. The number of aromatic nitrogens is 2. The Labute approximate surface area is 107 Å². The summed E-state index contributed by atoms with van der Waals surface area (Å²) in [6.07, 6.45) is 0.837. The van der Waals surface area contributed by atoms with Crippen molar-refractivity contribution in [2.75, 3.05) is 0 Å². The fourth-order valence-corrected chi connectivity index (χ4v) is 1.21. The van der Waals surface area contributed by atoms with Crippen LogP contribution in [0.2, 0.25) is 0 Å². The van der Waals surface area contributed by atoms with E-state index in [4.69, 9.17) is 4.74 Å². The van der Waals surface area contributed by atoms with E-state index in [9.17, 15) is 4.39 Å². The molecule has 1 heterocycles. The summed E-state index contributed by atoms with van der Waals surface area (Å²) in [6.45, 7) is 6.00. The molecule has 0 unspecified atom stereocenters. The third-order valence-electron chi connectivity index (χ3n) is 2.09. The van der Waals surface area contributed by atoms with Crippen molar-refractivity contribution < 1.29 is 9.13 Å². The van der Waals surface area contributed by atoms with E-state index < -0.39 is 0 Å². The molecular weight excluding hydrogens is 231 g/mol. The van der Waals surface area contributed by atoms with Gasteiger partial charge in [0.05, 0.1) is 5.69 Å². The normalized spacial score (nSPS) is 9.33. The van der Waals surface area contributed by atoms with Gasteiger partial charge < -0.3 is 4.74 Å². The molecule has 0 saturated heterocycles. The average molecular weight is 248 g/mol. The molecular formula is C14H17FN2O. The van der Waals surface area contributed by atoms with Crippen LogP contribution in [0.5, 0.6) is 11.6 Å². The molecule has 0 radical (unpaired) electrons. The number of halogens is 1. The lowest BCUT2D eigenvalue weighted by molar-refractivity contribution is 0.452. The van der Waals surface area contributed by atoms with Gasteiger partial charge in [0.15, 0.2) is 0 Å². The Hall–Kier alpha value is -1.97. The van der Waals surface area contributed by atoms with Gasteiger partial charge in [-0.25, -0.2) is 4.39 Å². The SMILES string of the molecule is CC.CCc1ccc(Oc2ccc(F)cc2)nn1. The van der Waals surface area contributed by atoms with Gasteiger partial charge in [0.1, 0.15) is 11.6 Å². The summed E-state index contributed by atoms with van der Waals surface area (Å²) >= 11 is 0. The van der Waals surface area contributed by atoms with Gasteiger partial charge in [0.25, 0.3) is 0 Å². The van der Waals surface area contributed by atoms with Crippen LogP contribution in [-0.2, 0) is 6.42 Å². The summed E-state index contributed by atoms with van der Waals surface area (Å²) < 4.78 is 18.0. The first-order valence-corrected chi connectivity index (χ1v) is 6.04. The highest BCUT2D eigenvalue weighted by molar-refractivity contribution is 5.26. The number of aryl methyl sites for hydroxylation is 1. The number of hydrogen-bond donors (Lipinski definition) is 0. The molecule has 1 aromatic heterocycles. The van der Waals surface area contributed by atoms with Crippen molar-refractivity contribution >= 4 is 0 Å². The van der Waals surface area contributed by atoms with Gasteiger partial charge >= 0.3 is 0 Å². The highest BCUT2D eigenvalue weighted by Gasteiger charge is 1.99. The Morgan fingerprint density at radius 1 is 1.00 bits per heavy atom. The van der Waals surface area contributed by atoms with Gasteiger partial charge in [-0.3, -0.25) is 0 Å². The van der Waals surface area contributed by atoms with Crippen LogP contribution in [0.15, 0.2) is 36.4 Å². The Morgan fingerprint density at radius 2 is 1.67 bits per heavy atom. The Morgan fingerprint density at radius 3 is 2.17 bits per heavy atom. The molecule has 0 bridgehead atoms. The number of ether oxygens (including phenoxy) is 1. The van der Waals surface area contributed by atoms with Crippen LogP contribution in [0.25, 0.3) is 0 Å². The van der Waals surface area contributed by atoms with Crippen LogP contribution >= 0.6 is 0 Å². The summed E-state index contributed by atoms with van der Waals surface area (Å²) in [4.78, 5) is 0. The lowest BCUT2D eigenvalue weighted by Crippen LogP contribution is -1.93. The van der Waals surface area contributed by atoms with Crippen LogP contribution in [0.4, 0.5) is 4.39 Å². The van der Waals surface area contributed by atoms with Crippen LogP contribution in [0.3, 0.4) is 0 Å². The highest BCUT2D eigenvalue weighted by atomic mass is 19.1. The van der Waals surface area contributed by atoms with E-state index in [0.717, 1.165) is 12.1 Å². The van der Waals surface area contributed by atoms with Crippen molar-refractivity contribution in [2.24, 2.45) is 0 Å². The quantitative estimate of drug-likeness (QED) is 0.823. The standard InChI is InChI=1S/C12H11FN2O.C2H6/c1-2-10-5-8-12(15-14-10)16-11-6-3-9(13)4-7-11;1-2/h3-8H,2H2,1H3;1-2H3. The van der Waals surface area contributed by atoms with Gasteiger partial charge in [-0.2, -0.15) is 5.10 Å². The van der Waals surface area contributed by atoms with E-state index in [2.05, 4.69) is 10.2 Å². The summed E-state index contributed by atoms with van der Waals surface area (Å²) in [7, 11) is 0. The maximum Gasteiger partial charge on any atom is 0.238 e. The molecule has 0 aliphatic heterocycles. The molecule has 0 N–H and O–H groups in total. The predicted octanol–water partition coefficient (Wildman–Crippen LogP) is 4.00. The molecule has 2 aromatic rings. The van der Waals surface area contributed by atoms with Gasteiger partial charge in [-0.1, -0.05) is 20.8 Å². The van der Waals surface area contributed by atoms with E-state index in [-0.39, 0.29) is 5.82 Å². The second-order valence-corrected chi connectivity index (χ2v) is 3.27. The minimum Gasteiger partial charge on any atom is -0.438 e. The molecule has 18 heavy (non-hydrogen) atoms. The van der Waals surface area contributed by atoms with Crippen LogP contribution in [0, 0.1) is 5.82 Å². The number of benzene rings is 1. The molecule has 4 heteroatoms. The van der Waals surface area contributed by atoms with Crippen molar-refractivity contribution in [3.05, 3.63) is 47.9 Å². The van der Waals surface area contributed by atoms with Crippen molar-refractivity contribution in [2.45, 2.75) is 27.2 Å². The molecule has 1 aromatic carbocycles.